The van der Waals surface area contributed by atoms with Gasteiger partial charge in [0.1, 0.15) is 6.10 Å². The number of aliphatic hydroxyl groups is 1. The first-order chi connectivity index (χ1) is 8.67. The van der Waals surface area contributed by atoms with Gasteiger partial charge in [0, 0.05) is 16.3 Å². The lowest BCUT2D eigenvalue weighted by molar-refractivity contribution is 0.210. The zero-order valence-corrected chi connectivity index (χ0v) is 13.0. The summed E-state index contributed by atoms with van der Waals surface area (Å²) in [4.78, 5) is 2.27. The lowest BCUT2D eigenvalue weighted by atomic mass is 10.2. The molecule has 1 N–H and O–H groups in total. The predicted octanol–water partition coefficient (Wildman–Crippen LogP) is 3.76. The van der Waals surface area contributed by atoms with E-state index in [0.717, 1.165) is 34.4 Å². The summed E-state index contributed by atoms with van der Waals surface area (Å²) in [6.45, 7) is 5.05. The third-order valence-corrected chi connectivity index (χ3v) is 4.72. The molecule has 0 fully saturated rings. The van der Waals surface area contributed by atoms with Gasteiger partial charge >= 0.3 is 0 Å². The first-order valence-corrected chi connectivity index (χ1v) is 7.76. The van der Waals surface area contributed by atoms with E-state index >= 15 is 0 Å². The predicted molar refractivity (Wildman–Crippen MR) is 78.0 cm³/mol. The van der Waals surface area contributed by atoms with E-state index in [9.17, 15) is 5.11 Å². The monoisotopic (exact) mass is 328 g/mol. The highest BCUT2D eigenvalue weighted by Gasteiger charge is 2.20. The van der Waals surface area contributed by atoms with Crippen molar-refractivity contribution in [2.24, 2.45) is 0 Å². The third-order valence-electron chi connectivity index (χ3n) is 2.83. The summed E-state index contributed by atoms with van der Waals surface area (Å²) in [5.41, 5.74) is 0.848. The van der Waals surface area contributed by atoms with E-state index in [1.807, 2.05) is 10.7 Å². The highest BCUT2D eigenvalue weighted by molar-refractivity contribution is 9.10. The first-order valence-electron chi connectivity index (χ1n) is 6.15. The lowest BCUT2D eigenvalue weighted by Crippen LogP contribution is -2.09. The Labute approximate surface area is 120 Å². The molecule has 3 nitrogen and oxygen atoms in total. The molecular weight excluding hydrogens is 312 g/mol. The maximum Gasteiger partial charge on any atom is 0.131 e. The number of aliphatic hydroxyl groups excluding tert-OH is 1. The number of aromatic nitrogens is 2. The van der Waals surface area contributed by atoms with Crippen molar-refractivity contribution in [3.05, 3.63) is 38.3 Å². The van der Waals surface area contributed by atoms with Crippen LogP contribution in [0.15, 0.2) is 22.8 Å². The van der Waals surface area contributed by atoms with Crippen molar-refractivity contribution >= 4 is 27.3 Å². The van der Waals surface area contributed by atoms with E-state index in [0.29, 0.717) is 0 Å². The van der Waals surface area contributed by atoms with Crippen molar-refractivity contribution in [1.29, 1.82) is 0 Å². The zero-order valence-electron chi connectivity index (χ0n) is 10.6. The number of nitrogens with zero attached hydrogens (tertiary/aromatic N) is 2. The van der Waals surface area contributed by atoms with Crippen LogP contribution in [-0.2, 0) is 13.0 Å². The van der Waals surface area contributed by atoms with Gasteiger partial charge in [-0.3, -0.25) is 4.68 Å². The van der Waals surface area contributed by atoms with Crippen LogP contribution in [0.1, 0.15) is 41.8 Å². The van der Waals surface area contributed by atoms with Gasteiger partial charge in [0.2, 0.25) is 0 Å². The average molecular weight is 329 g/mol. The largest absolute Gasteiger partial charge is 0.381 e. The molecule has 2 aromatic rings. The molecule has 18 heavy (non-hydrogen) atoms. The number of hydrogen-bond acceptors (Lipinski definition) is 3. The van der Waals surface area contributed by atoms with Crippen LogP contribution in [0.5, 0.6) is 0 Å². The number of rotatable bonds is 5. The summed E-state index contributed by atoms with van der Waals surface area (Å²) in [7, 11) is 0. The minimum Gasteiger partial charge on any atom is -0.381 e. The Morgan fingerprint density at radius 2 is 2.22 bits per heavy atom. The quantitative estimate of drug-likeness (QED) is 0.907. The minimum absolute atomic E-state index is 0.598. The Kier molecular flexibility index (Phi) is 4.59. The molecule has 0 aliphatic heterocycles. The van der Waals surface area contributed by atoms with Crippen LogP contribution in [0, 0.1) is 0 Å². The molecular formula is C13H17BrN2OS. The molecule has 0 saturated heterocycles. The number of aryl methyl sites for hydroxylation is 2. The molecule has 2 rings (SSSR count). The summed E-state index contributed by atoms with van der Waals surface area (Å²) >= 11 is 5.13. The van der Waals surface area contributed by atoms with Crippen molar-refractivity contribution in [3.63, 3.8) is 0 Å². The van der Waals surface area contributed by atoms with Crippen molar-refractivity contribution in [1.82, 2.24) is 9.78 Å². The standard InChI is InChI=1S/C13H17BrN2OS/c1-3-7-16-12(10(14)8-15-16)13(17)11-6-5-9(4-2)18-11/h5-6,8,13,17H,3-4,7H2,1-2H3. The summed E-state index contributed by atoms with van der Waals surface area (Å²) in [5.74, 6) is 0. The molecule has 0 aliphatic carbocycles. The van der Waals surface area contributed by atoms with Gasteiger partial charge in [-0.25, -0.2) is 0 Å². The van der Waals surface area contributed by atoms with Crippen LogP contribution in [0.25, 0.3) is 0 Å². The third kappa shape index (κ3) is 2.68. The normalized spacial score (nSPS) is 12.9. The molecule has 0 aromatic carbocycles. The second-order valence-electron chi connectivity index (χ2n) is 4.16. The maximum absolute atomic E-state index is 10.5. The minimum atomic E-state index is -0.598. The van der Waals surface area contributed by atoms with Gasteiger partial charge in [-0.05, 0) is 40.9 Å². The first kappa shape index (κ1) is 13.8. The topological polar surface area (TPSA) is 38.0 Å². The molecule has 0 saturated carbocycles. The molecule has 0 radical (unpaired) electrons. The number of hydrogen-bond donors (Lipinski definition) is 1. The van der Waals surface area contributed by atoms with Crippen LogP contribution in [-0.4, -0.2) is 14.9 Å². The molecule has 98 valence electrons. The van der Waals surface area contributed by atoms with Crippen molar-refractivity contribution < 1.29 is 5.11 Å². The fourth-order valence-electron chi connectivity index (χ4n) is 1.90. The molecule has 0 bridgehead atoms. The number of thiophene rings is 1. The van der Waals surface area contributed by atoms with Crippen LogP contribution in [0.4, 0.5) is 0 Å². The van der Waals surface area contributed by atoms with E-state index in [2.05, 4.69) is 40.9 Å². The average Bonchev–Trinajstić information content (AvgIpc) is 2.96. The molecule has 0 amide bonds. The van der Waals surface area contributed by atoms with Crippen molar-refractivity contribution in [2.75, 3.05) is 0 Å². The fourth-order valence-corrected chi connectivity index (χ4v) is 3.36. The van der Waals surface area contributed by atoms with Crippen molar-refractivity contribution in [2.45, 2.75) is 39.3 Å². The molecule has 0 spiro atoms. The smallest absolute Gasteiger partial charge is 0.131 e. The van der Waals surface area contributed by atoms with E-state index in [4.69, 9.17) is 0 Å². The summed E-state index contributed by atoms with van der Waals surface area (Å²) < 4.78 is 2.75. The van der Waals surface area contributed by atoms with Gasteiger partial charge in [-0.15, -0.1) is 11.3 Å². The van der Waals surface area contributed by atoms with Gasteiger partial charge < -0.3 is 5.11 Å². The zero-order chi connectivity index (χ0) is 13.1. The van der Waals surface area contributed by atoms with Gasteiger partial charge in [-0.2, -0.15) is 5.10 Å². The van der Waals surface area contributed by atoms with Crippen LogP contribution < -0.4 is 0 Å². The molecule has 1 atom stereocenters. The van der Waals surface area contributed by atoms with Gasteiger partial charge in [0.05, 0.1) is 16.4 Å². The van der Waals surface area contributed by atoms with Crippen molar-refractivity contribution in [3.8, 4) is 0 Å². The number of halogens is 1. The summed E-state index contributed by atoms with van der Waals surface area (Å²) in [6, 6.07) is 4.08. The highest BCUT2D eigenvalue weighted by Crippen LogP contribution is 2.32. The molecule has 2 heterocycles. The summed E-state index contributed by atoms with van der Waals surface area (Å²) in [6.07, 6.45) is 3.16. The Morgan fingerprint density at radius 1 is 1.44 bits per heavy atom. The highest BCUT2D eigenvalue weighted by atomic mass is 79.9. The second kappa shape index (κ2) is 5.99. The second-order valence-corrected chi connectivity index (χ2v) is 6.22. The van der Waals surface area contributed by atoms with Gasteiger partial charge in [0.25, 0.3) is 0 Å². The Hall–Kier alpha value is -0.650. The van der Waals surface area contributed by atoms with Crippen LogP contribution in [0.2, 0.25) is 0 Å². The Morgan fingerprint density at radius 3 is 2.83 bits per heavy atom. The van der Waals surface area contributed by atoms with Crippen LogP contribution >= 0.6 is 27.3 Å². The molecule has 1 unspecified atom stereocenters. The van der Waals surface area contributed by atoms with Gasteiger partial charge in [-0.1, -0.05) is 13.8 Å². The molecule has 2 aromatic heterocycles. The van der Waals surface area contributed by atoms with Gasteiger partial charge in [0.15, 0.2) is 0 Å². The van der Waals surface area contributed by atoms with E-state index in [1.54, 1.807) is 17.5 Å². The lowest BCUT2D eigenvalue weighted by Gasteiger charge is -2.12. The molecule has 5 heteroatoms. The van der Waals surface area contributed by atoms with E-state index in [1.165, 1.54) is 4.88 Å². The van der Waals surface area contributed by atoms with Crippen LogP contribution in [0.3, 0.4) is 0 Å². The Balaban J connectivity index is 2.32. The SMILES string of the molecule is CCCn1ncc(Br)c1C(O)c1ccc(CC)s1. The summed E-state index contributed by atoms with van der Waals surface area (Å²) in [5, 5.41) is 14.8. The fraction of sp³-hybridized carbons (Fsp3) is 0.462. The maximum atomic E-state index is 10.5. The van der Waals surface area contributed by atoms with E-state index in [-0.39, 0.29) is 0 Å². The molecule has 0 aliphatic rings. The Bertz CT molecular complexity index is 521. The van der Waals surface area contributed by atoms with E-state index < -0.39 is 6.10 Å².